The summed E-state index contributed by atoms with van der Waals surface area (Å²) in [5, 5.41) is 8.03. The maximum Gasteiger partial charge on any atom is 0.329 e. The van der Waals surface area contributed by atoms with Gasteiger partial charge in [-0.05, 0) is 70.6 Å². The van der Waals surface area contributed by atoms with Crippen LogP contribution >= 0.6 is 0 Å². The van der Waals surface area contributed by atoms with E-state index in [1.54, 1.807) is 20.8 Å². The number of ketones is 1. The first kappa shape index (κ1) is 42.8. The Labute approximate surface area is 288 Å². The van der Waals surface area contributed by atoms with Crippen LogP contribution in [-0.2, 0) is 28.7 Å². The van der Waals surface area contributed by atoms with Crippen LogP contribution in [0, 0.1) is 17.3 Å². The van der Waals surface area contributed by atoms with Crippen molar-refractivity contribution in [3.8, 4) is 0 Å². The second-order valence-corrected chi connectivity index (χ2v) is 15.7. The number of primary amides is 1. The number of hydrogen-bond acceptors (Lipinski definition) is 7. The van der Waals surface area contributed by atoms with Gasteiger partial charge in [-0.2, -0.15) is 0 Å². The number of nitrogens with one attached hydrogen (secondary N) is 3. The van der Waals surface area contributed by atoms with Crippen LogP contribution in [0.2, 0.25) is 0 Å². The number of rotatable bonds is 9. The molecule has 0 bridgehead atoms. The fraction of sp³-hybridized carbons (Fsp3) is 0.833. The molecule has 0 aromatic rings. The van der Waals surface area contributed by atoms with Crippen molar-refractivity contribution in [2.45, 2.75) is 170 Å². The van der Waals surface area contributed by atoms with Gasteiger partial charge in [0.15, 0.2) is 0 Å². The quantitative estimate of drug-likeness (QED) is 0.200. The minimum atomic E-state index is -1.15. The zero-order chi connectivity index (χ0) is 36.8. The number of nitrogens with zero attached hydrogens (tertiary/aromatic N) is 1. The largest absolute Gasteiger partial charge is 0.458 e. The number of urea groups is 1. The van der Waals surface area contributed by atoms with E-state index >= 15 is 0 Å². The summed E-state index contributed by atoms with van der Waals surface area (Å²) in [6.07, 6.45) is 11.0. The van der Waals surface area contributed by atoms with Crippen molar-refractivity contribution in [2.24, 2.45) is 23.0 Å². The van der Waals surface area contributed by atoms with Gasteiger partial charge >= 0.3 is 12.0 Å². The molecular weight excluding hydrogens is 614 g/mol. The predicted molar refractivity (Wildman–Crippen MR) is 187 cm³/mol. The monoisotopic (exact) mass is 679 g/mol. The minimum absolute atomic E-state index is 0.138. The van der Waals surface area contributed by atoms with E-state index in [1.807, 2.05) is 20.8 Å². The summed E-state index contributed by atoms with van der Waals surface area (Å²) in [4.78, 5) is 77.6. The number of esters is 1. The molecular formula is C36H65N5O7. The van der Waals surface area contributed by atoms with Crippen molar-refractivity contribution in [1.82, 2.24) is 20.9 Å². The summed E-state index contributed by atoms with van der Waals surface area (Å²) in [7, 11) is 0. The first-order valence-electron chi connectivity index (χ1n) is 18.0. The highest BCUT2D eigenvalue weighted by atomic mass is 16.6. The van der Waals surface area contributed by atoms with Crippen molar-refractivity contribution in [3.63, 3.8) is 0 Å². The summed E-state index contributed by atoms with van der Waals surface area (Å²) in [5.74, 6) is -2.68. The first-order valence-corrected chi connectivity index (χ1v) is 18.0. The molecule has 12 nitrogen and oxygen atoms in total. The van der Waals surface area contributed by atoms with Crippen LogP contribution in [0.15, 0.2) is 0 Å². The third-order valence-electron chi connectivity index (χ3n) is 8.69. The molecule has 3 rings (SSSR count). The highest BCUT2D eigenvalue weighted by molar-refractivity contribution is 6.37. The Bertz CT molecular complexity index is 1090. The fourth-order valence-corrected chi connectivity index (χ4v) is 5.84. The number of Topliss-reactive ketones (excluding diaryl/α,β-unsaturated/α-hetero) is 1. The van der Waals surface area contributed by atoms with Crippen LogP contribution in [0.1, 0.15) is 140 Å². The van der Waals surface area contributed by atoms with E-state index in [1.165, 1.54) is 37.5 Å². The van der Waals surface area contributed by atoms with E-state index in [0.29, 0.717) is 19.4 Å². The Morgan fingerprint density at radius 2 is 1.35 bits per heavy atom. The Morgan fingerprint density at radius 1 is 0.812 bits per heavy atom. The maximum atomic E-state index is 13.9. The Hall–Kier alpha value is -3.18. The van der Waals surface area contributed by atoms with Gasteiger partial charge in [0, 0.05) is 6.54 Å². The molecule has 12 heteroatoms. The van der Waals surface area contributed by atoms with Crippen LogP contribution in [-0.4, -0.2) is 76.7 Å². The molecule has 0 aromatic heterocycles. The summed E-state index contributed by atoms with van der Waals surface area (Å²) in [6, 6.07) is -4.52. The number of likely N-dealkylation sites (tertiary alicyclic amines) is 1. The number of ether oxygens (including phenoxy) is 1. The molecule has 276 valence electrons. The van der Waals surface area contributed by atoms with Gasteiger partial charge in [-0.3, -0.25) is 19.2 Å². The van der Waals surface area contributed by atoms with Crippen LogP contribution in [0.5, 0.6) is 0 Å². The summed E-state index contributed by atoms with van der Waals surface area (Å²) < 4.78 is 5.53. The molecule has 1 aliphatic heterocycles. The van der Waals surface area contributed by atoms with E-state index in [-0.39, 0.29) is 5.92 Å². The smallest absolute Gasteiger partial charge is 0.329 e. The molecule has 0 spiro atoms. The van der Waals surface area contributed by atoms with Crippen molar-refractivity contribution >= 4 is 35.5 Å². The number of carbonyl (C=O) groups excluding carboxylic acids is 6. The zero-order valence-corrected chi connectivity index (χ0v) is 31.3. The molecule has 1 heterocycles. The van der Waals surface area contributed by atoms with E-state index in [0.717, 1.165) is 38.0 Å². The van der Waals surface area contributed by atoms with Gasteiger partial charge in [0.1, 0.15) is 23.7 Å². The molecule has 2 saturated carbocycles. The number of amides is 5. The van der Waals surface area contributed by atoms with Gasteiger partial charge in [0.05, 0.1) is 6.04 Å². The van der Waals surface area contributed by atoms with Gasteiger partial charge in [-0.25, -0.2) is 9.59 Å². The highest BCUT2D eigenvalue weighted by Gasteiger charge is 2.42. The summed E-state index contributed by atoms with van der Waals surface area (Å²) in [6.45, 7) is 18.9. The SMILES string of the molecule is CC(NC(=O)[C@@H]1CCCN1C(=O)C(NC(=O)NC(C(=O)OC(C)(C)C)C(C)(C)C)C1CCCCC1)C(=O)C(N)=O.CC1CCC1.CCC. The first-order chi connectivity index (χ1) is 22.2. The van der Waals surface area contributed by atoms with Gasteiger partial charge in [-0.15, -0.1) is 0 Å². The molecule has 3 fully saturated rings. The molecule has 0 radical (unpaired) electrons. The lowest BCUT2D eigenvalue weighted by atomic mass is 9.83. The molecule has 4 atom stereocenters. The zero-order valence-electron chi connectivity index (χ0n) is 31.3. The number of nitrogens with two attached hydrogens (primary N) is 1. The van der Waals surface area contributed by atoms with Gasteiger partial charge in [0.2, 0.25) is 17.6 Å². The number of hydrogen-bond donors (Lipinski definition) is 4. The van der Waals surface area contributed by atoms with Gasteiger partial charge in [0.25, 0.3) is 5.91 Å². The predicted octanol–water partition coefficient (Wildman–Crippen LogP) is 4.76. The molecule has 1 saturated heterocycles. The van der Waals surface area contributed by atoms with E-state index in [4.69, 9.17) is 10.5 Å². The van der Waals surface area contributed by atoms with E-state index in [9.17, 15) is 28.8 Å². The van der Waals surface area contributed by atoms with Crippen molar-refractivity contribution < 1.29 is 33.5 Å². The topological polar surface area (TPSA) is 177 Å². The molecule has 5 N–H and O–H groups in total. The maximum absolute atomic E-state index is 13.9. The van der Waals surface area contributed by atoms with Crippen LogP contribution < -0.4 is 21.7 Å². The molecule has 0 aromatic carbocycles. The van der Waals surface area contributed by atoms with Gasteiger partial charge < -0.3 is 31.3 Å². The molecule has 48 heavy (non-hydrogen) atoms. The third-order valence-corrected chi connectivity index (χ3v) is 8.69. The van der Waals surface area contributed by atoms with Crippen LogP contribution in [0.3, 0.4) is 0 Å². The van der Waals surface area contributed by atoms with Crippen molar-refractivity contribution in [3.05, 3.63) is 0 Å². The summed E-state index contributed by atoms with van der Waals surface area (Å²) in [5.41, 5.74) is 3.63. The Kier molecular flexibility index (Phi) is 17.6. The normalized spacial score (nSPS) is 20.2. The van der Waals surface area contributed by atoms with Crippen LogP contribution in [0.4, 0.5) is 4.79 Å². The van der Waals surface area contributed by atoms with Gasteiger partial charge in [-0.1, -0.05) is 86.5 Å². The lowest BCUT2D eigenvalue weighted by Crippen LogP contribution is -2.60. The average Bonchev–Trinajstić information content (AvgIpc) is 3.47. The van der Waals surface area contributed by atoms with E-state index in [2.05, 4.69) is 36.7 Å². The number of carbonyl (C=O) groups is 6. The second-order valence-electron chi connectivity index (χ2n) is 15.7. The lowest BCUT2D eigenvalue weighted by Gasteiger charge is -2.36. The molecule has 2 aliphatic carbocycles. The van der Waals surface area contributed by atoms with E-state index < -0.39 is 70.7 Å². The molecule has 3 unspecified atom stereocenters. The second kappa shape index (κ2) is 19.7. The molecule has 5 amide bonds. The lowest BCUT2D eigenvalue weighted by molar-refractivity contribution is -0.160. The Morgan fingerprint density at radius 3 is 1.79 bits per heavy atom. The van der Waals surface area contributed by atoms with Crippen molar-refractivity contribution in [2.75, 3.05) is 6.54 Å². The van der Waals surface area contributed by atoms with Crippen molar-refractivity contribution in [1.29, 1.82) is 0 Å². The summed E-state index contributed by atoms with van der Waals surface area (Å²) >= 11 is 0. The highest BCUT2D eigenvalue weighted by Crippen LogP contribution is 2.30. The average molecular weight is 680 g/mol. The molecule has 3 aliphatic rings. The Balaban J connectivity index is 0.00000127. The fourth-order valence-electron chi connectivity index (χ4n) is 5.84. The standard InChI is InChI=1S/C28H47N5O7.C5H10.C3H8/c1-16(20(34)22(29)35)30-23(36)18-14-11-15-33(18)24(37)19(17-12-9-8-10-13-17)31-26(39)32-21(27(2,3)4)25(38)40-28(5,6)7;1-5-3-2-4-5;1-3-2/h16-19,21H,8-15H2,1-7H3,(H2,29,35)(H,30,36)(H2,31,32,39);5H,2-4H2,1H3;3H2,1-2H3/t16?,18-,19?,21?;;/m0../s1. The van der Waals surface area contributed by atoms with Crippen LogP contribution in [0.25, 0.3) is 0 Å². The minimum Gasteiger partial charge on any atom is -0.458 e. The third kappa shape index (κ3) is 14.5.